The van der Waals surface area contributed by atoms with Crippen LogP contribution in [0.5, 0.6) is 5.75 Å². The highest BCUT2D eigenvalue weighted by Gasteiger charge is 2.43. The second kappa shape index (κ2) is 7.71. The summed E-state index contributed by atoms with van der Waals surface area (Å²) in [5.41, 5.74) is 1.64. The molecule has 6 rings (SSSR count). The first kappa shape index (κ1) is 20.4. The lowest BCUT2D eigenvalue weighted by molar-refractivity contribution is 0.0231. The first-order chi connectivity index (χ1) is 16.0. The van der Waals surface area contributed by atoms with Crippen molar-refractivity contribution in [2.75, 3.05) is 18.0 Å². The zero-order valence-electron chi connectivity index (χ0n) is 17.5. The Labute approximate surface area is 199 Å². The van der Waals surface area contributed by atoms with E-state index < -0.39 is 5.60 Å². The summed E-state index contributed by atoms with van der Waals surface area (Å²) in [6.07, 6.45) is 5.14. The number of piperidine rings is 1. The highest BCUT2D eigenvalue weighted by atomic mass is 35.5. The smallest absolute Gasteiger partial charge is 0.170 e. The van der Waals surface area contributed by atoms with E-state index in [2.05, 4.69) is 20.0 Å². The molecule has 2 aliphatic rings. The average Bonchev–Trinajstić information content (AvgIpc) is 3.25. The SMILES string of the molecule is O=C1CC2(CCN(c3ncnc4c3cnn4-c3cccc(Cl)c3)CC2)Oc2ccc(Cl)cc21. The maximum atomic E-state index is 12.8. The number of ketones is 1. The van der Waals surface area contributed by atoms with Gasteiger partial charge in [-0.05, 0) is 36.4 Å². The number of rotatable bonds is 2. The quantitative estimate of drug-likeness (QED) is 0.396. The minimum Gasteiger partial charge on any atom is -0.486 e. The van der Waals surface area contributed by atoms with E-state index in [0.717, 1.165) is 22.5 Å². The number of carbonyl (C=O) groups excluding carboxylic acids is 1. The van der Waals surface area contributed by atoms with Crippen molar-refractivity contribution < 1.29 is 9.53 Å². The molecular formula is C24H19Cl2N5O2. The Hall–Kier alpha value is -3.16. The summed E-state index contributed by atoms with van der Waals surface area (Å²) < 4.78 is 8.13. The van der Waals surface area contributed by atoms with Gasteiger partial charge in [0.05, 0.1) is 29.3 Å². The van der Waals surface area contributed by atoms with Crippen LogP contribution < -0.4 is 9.64 Å². The number of nitrogens with zero attached hydrogens (tertiary/aromatic N) is 5. The van der Waals surface area contributed by atoms with Crippen LogP contribution in [-0.2, 0) is 0 Å². The van der Waals surface area contributed by atoms with Gasteiger partial charge in [-0.3, -0.25) is 4.79 Å². The van der Waals surface area contributed by atoms with Gasteiger partial charge in [0.1, 0.15) is 23.5 Å². The van der Waals surface area contributed by atoms with Gasteiger partial charge >= 0.3 is 0 Å². The summed E-state index contributed by atoms with van der Waals surface area (Å²) in [6, 6.07) is 12.7. The number of aromatic nitrogens is 4. The van der Waals surface area contributed by atoms with E-state index in [9.17, 15) is 4.79 Å². The number of carbonyl (C=O) groups is 1. The van der Waals surface area contributed by atoms with Gasteiger partial charge < -0.3 is 9.64 Å². The Kier molecular flexibility index (Phi) is 4.78. The van der Waals surface area contributed by atoms with Crippen molar-refractivity contribution in [3.63, 3.8) is 0 Å². The zero-order chi connectivity index (χ0) is 22.6. The highest BCUT2D eigenvalue weighted by Crippen LogP contribution is 2.41. The number of ether oxygens (including phenoxy) is 1. The van der Waals surface area contributed by atoms with Gasteiger partial charge in [-0.2, -0.15) is 5.10 Å². The highest BCUT2D eigenvalue weighted by molar-refractivity contribution is 6.31. The number of Topliss-reactive ketones (excluding diaryl/α,β-unsaturated/α-hetero) is 1. The molecule has 0 unspecified atom stereocenters. The van der Waals surface area contributed by atoms with Crippen molar-refractivity contribution in [3.05, 3.63) is 70.6 Å². The van der Waals surface area contributed by atoms with Gasteiger partial charge in [0, 0.05) is 36.0 Å². The van der Waals surface area contributed by atoms with Gasteiger partial charge in [0.2, 0.25) is 0 Å². The second-order valence-electron chi connectivity index (χ2n) is 8.48. The summed E-state index contributed by atoms with van der Waals surface area (Å²) >= 11 is 12.2. The first-order valence-corrected chi connectivity index (χ1v) is 11.5. The molecule has 0 bridgehead atoms. The third kappa shape index (κ3) is 3.52. The molecule has 1 spiro atoms. The molecule has 2 aromatic carbocycles. The fourth-order valence-electron chi connectivity index (χ4n) is 4.75. The predicted octanol–water partition coefficient (Wildman–Crippen LogP) is 5.13. The summed E-state index contributed by atoms with van der Waals surface area (Å²) in [4.78, 5) is 24.0. The minimum atomic E-state index is -0.495. The summed E-state index contributed by atoms with van der Waals surface area (Å²) in [5.74, 6) is 1.54. The molecule has 0 amide bonds. The molecule has 9 heteroatoms. The molecule has 0 saturated carbocycles. The fourth-order valence-corrected chi connectivity index (χ4v) is 5.11. The van der Waals surface area contributed by atoms with Crippen LogP contribution >= 0.6 is 23.2 Å². The monoisotopic (exact) mass is 479 g/mol. The third-order valence-electron chi connectivity index (χ3n) is 6.42. The molecule has 0 atom stereocenters. The van der Waals surface area contributed by atoms with E-state index in [0.29, 0.717) is 53.7 Å². The van der Waals surface area contributed by atoms with Gasteiger partial charge in [-0.25, -0.2) is 14.6 Å². The summed E-state index contributed by atoms with van der Waals surface area (Å²) in [6.45, 7) is 1.43. The number of halogens is 2. The molecule has 4 heterocycles. The van der Waals surface area contributed by atoms with Crippen molar-refractivity contribution in [1.29, 1.82) is 0 Å². The molecule has 4 aromatic rings. The Bertz CT molecular complexity index is 1390. The normalized spacial score (nSPS) is 17.3. The molecule has 7 nitrogen and oxygen atoms in total. The van der Waals surface area contributed by atoms with Crippen LogP contribution in [0.15, 0.2) is 55.0 Å². The van der Waals surface area contributed by atoms with E-state index in [1.165, 1.54) is 0 Å². The largest absolute Gasteiger partial charge is 0.486 e. The molecule has 0 N–H and O–H groups in total. The number of hydrogen-bond donors (Lipinski definition) is 0. The Morgan fingerprint density at radius 3 is 2.64 bits per heavy atom. The molecular weight excluding hydrogens is 461 g/mol. The van der Waals surface area contributed by atoms with Gasteiger partial charge in [0.25, 0.3) is 0 Å². The number of hydrogen-bond acceptors (Lipinski definition) is 6. The van der Waals surface area contributed by atoms with Crippen molar-refractivity contribution in [3.8, 4) is 11.4 Å². The number of fused-ring (bicyclic) bond motifs is 2. The lowest BCUT2D eigenvalue weighted by Crippen LogP contribution is -2.51. The van der Waals surface area contributed by atoms with Crippen molar-refractivity contribution in [2.45, 2.75) is 24.9 Å². The van der Waals surface area contributed by atoms with Gasteiger partial charge in [-0.1, -0.05) is 29.3 Å². The summed E-state index contributed by atoms with van der Waals surface area (Å²) in [7, 11) is 0. The number of anilines is 1. The Morgan fingerprint density at radius 1 is 1.00 bits per heavy atom. The third-order valence-corrected chi connectivity index (χ3v) is 6.89. The standard InChI is InChI=1S/C24H19Cl2N5O2/c25-15-2-1-3-17(10-15)31-23-19(13-29-31)22(27-14-28-23)30-8-6-24(7-9-30)12-20(32)18-11-16(26)4-5-21(18)33-24/h1-5,10-11,13-14H,6-9,12H2. The van der Waals surface area contributed by atoms with E-state index in [4.69, 9.17) is 27.9 Å². The molecule has 0 radical (unpaired) electrons. The van der Waals surface area contributed by atoms with Crippen LogP contribution in [0.2, 0.25) is 10.0 Å². The molecule has 2 aliphatic heterocycles. The maximum Gasteiger partial charge on any atom is 0.170 e. The fraction of sp³-hybridized carbons (Fsp3) is 0.250. The van der Waals surface area contributed by atoms with E-state index >= 15 is 0 Å². The van der Waals surface area contributed by atoms with Crippen molar-refractivity contribution in [1.82, 2.24) is 19.7 Å². The molecule has 1 saturated heterocycles. The van der Waals surface area contributed by atoms with Crippen molar-refractivity contribution >= 4 is 45.8 Å². The topological polar surface area (TPSA) is 73.1 Å². The first-order valence-electron chi connectivity index (χ1n) is 10.7. The minimum absolute atomic E-state index is 0.0828. The van der Waals surface area contributed by atoms with Crippen LogP contribution in [0.25, 0.3) is 16.7 Å². The van der Waals surface area contributed by atoms with Crippen LogP contribution in [0.4, 0.5) is 5.82 Å². The van der Waals surface area contributed by atoms with Crippen LogP contribution in [0.1, 0.15) is 29.6 Å². The average molecular weight is 480 g/mol. The molecule has 0 aliphatic carbocycles. The van der Waals surface area contributed by atoms with E-state index in [-0.39, 0.29) is 5.78 Å². The van der Waals surface area contributed by atoms with Crippen molar-refractivity contribution in [2.24, 2.45) is 0 Å². The maximum absolute atomic E-state index is 12.8. The van der Waals surface area contributed by atoms with Crippen LogP contribution in [0.3, 0.4) is 0 Å². The lowest BCUT2D eigenvalue weighted by atomic mass is 9.82. The molecule has 1 fully saturated rings. The Morgan fingerprint density at radius 2 is 1.82 bits per heavy atom. The predicted molar refractivity (Wildman–Crippen MR) is 127 cm³/mol. The molecule has 33 heavy (non-hydrogen) atoms. The Balaban J connectivity index is 1.27. The lowest BCUT2D eigenvalue weighted by Gasteiger charge is -2.44. The zero-order valence-corrected chi connectivity index (χ0v) is 19.1. The summed E-state index contributed by atoms with van der Waals surface area (Å²) in [5, 5.41) is 6.59. The van der Waals surface area contributed by atoms with Gasteiger partial charge in [-0.15, -0.1) is 0 Å². The number of benzene rings is 2. The van der Waals surface area contributed by atoms with Crippen LogP contribution in [-0.4, -0.2) is 44.2 Å². The van der Waals surface area contributed by atoms with E-state index in [1.54, 1.807) is 35.4 Å². The van der Waals surface area contributed by atoms with Gasteiger partial charge in [0.15, 0.2) is 11.4 Å². The second-order valence-corrected chi connectivity index (χ2v) is 9.36. The van der Waals surface area contributed by atoms with E-state index in [1.807, 2.05) is 24.3 Å². The molecule has 166 valence electrons. The van der Waals surface area contributed by atoms with Crippen LogP contribution in [0, 0.1) is 0 Å². The molecule has 2 aromatic heterocycles.